The van der Waals surface area contributed by atoms with Crippen LogP contribution in [0.3, 0.4) is 0 Å². The maximum absolute atomic E-state index is 12.2. The Balaban J connectivity index is 1.60. The number of benzene rings is 1. The quantitative estimate of drug-likeness (QED) is 0.933. The molecule has 130 valence electrons. The second kappa shape index (κ2) is 7.34. The van der Waals surface area contributed by atoms with Crippen LogP contribution in [-0.4, -0.2) is 47.9 Å². The van der Waals surface area contributed by atoms with Gasteiger partial charge in [-0.05, 0) is 31.2 Å². The van der Waals surface area contributed by atoms with E-state index in [4.69, 9.17) is 0 Å². The number of rotatable bonds is 3. The Bertz CT molecular complexity index is 748. The summed E-state index contributed by atoms with van der Waals surface area (Å²) in [6.07, 6.45) is 1.76. The van der Waals surface area contributed by atoms with Crippen molar-refractivity contribution in [2.45, 2.75) is 13.8 Å². The van der Waals surface area contributed by atoms with Crippen LogP contribution in [0.4, 0.5) is 11.5 Å². The maximum atomic E-state index is 12.2. The summed E-state index contributed by atoms with van der Waals surface area (Å²) in [5.41, 5.74) is 2.72. The minimum absolute atomic E-state index is 0.118. The standard InChI is InChI=1S/C19H22N4O2/c1-14-3-5-16(6-4-14)19(25)21-18-8-7-17(13-20-18)23-11-9-22(10-12-23)15(2)24/h3-8,13H,9-12H2,1-2H3,(H,20,21,25). The molecule has 0 aliphatic carbocycles. The number of hydrogen-bond acceptors (Lipinski definition) is 4. The lowest BCUT2D eigenvalue weighted by atomic mass is 10.1. The van der Waals surface area contributed by atoms with Crippen molar-refractivity contribution in [3.63, 3.8) is 0 Å². The molecule has 0 spiro atoms. The first-order chi connectivity index (χ1) is 12.0. The maximum Gasteiger partial charge on any atom is 0.256 e. The zero-order valence-electron chi connectivity index (χ0n) is 14.5. The van der Waals surface area contributed by atoms with Gasteiger partial charge in [0.15, 0.2) is 0 Å². The number of amides is 2. The number of hydrogen-bond donors (Lipinski definition) is 1. The Morgan fingerprint density at radius 1 is 1.00 bits per heavy atom. The molecule has 1 aliphatic rings. The Kier molecular flexibility index (Phi) is 4.97. The molecule has 0 radical (unpaired) electrons. The third-order valence-electron chi connectivity index (χ3n) is 4.39. The average Bonchev–Trinajstić information content (AvgIpc) is 2.63. The molecule has 25 heavy (non-hydrogen) atoms. The normalized spacial score (nSPS) is 14.3. The molecule has 1 fully saturated rings. The molecule has 3 rings (SSSR count). The highest BCUT2D eigenvalue weighted by Gasteiger charge is 2.19. The van der Waals surface area contributed by atoms with E-state index in [2.05, 4.69) is 15.2 Å². The molecule has 2 aromatic rings. The van der Waals surface area contributed by atoms with Gasteiger partial charge in [-0.2, -0.15) is 0 Å². The second-order valence-electron chi connectivity index (χ2n) is 6.21. The van der Waals surface area contributed by atoms with Gasteiger partial charge in [-0.3, -0.25) is 9.59 Å². The third-order valence-corrected chi connectivity index (χ3v) is 4.39. The van der Waals surface area contributed by atoms with Gasteiger partial charge in [-0.25, -0.2) is 4.98 Å². The van der Waals surface area contributed by atoms with Crippen molar-refractivity contribution in [1.29, 1.82) is 0 Å². The number of carbonyl (C=O) groups is 2. The lowest BCUT2D eigenvalue weighted by Crippen LogP contribution is -2.48. The molecular weight excluding hydrogens is 316 g/mol. The van der Waals surface area contributed by atoms with E-state index in [1.165, 1.54) is 0 Å². The highest BCUT2D eigenvalue weighted by atomic mass is 16.2. The van der Waals surface area contributed by atoms with Crippen LogP contribution in [0.25, 0.3) is 0 Å². The molecule has 1 aliphatic heterocycles. The SMILES string of the molecule is CC(=O)N1CCN(c2ccc(NC(=O)c3ccc(C)cc3)nc2)CC1. The van der Waals surface area contributed by atoms with E-state index < -0.39 is 0 Å². The van der Waals surface area contributed by atoms with Crippen LogP contribution < -0.4 is 10.2 Å². The number of carbonyl (C=O) groups excluding carboxylic acids is 2. The van der Waals surface area contributed by atoms with E-state index in [9.17, 15) is 9.59 Å². The number of aromatic nitrogens is 1. The molecule has 1 aromatic heterocycles. The van der Waals surface area contributed by atoms with Crippen molar-refractivity contribution in [3.05, 3.63) is 53.7 Å². The van der Waals surface area contributed by atoms with Crippen molar-refractivity contribution in [3.8, 4) is 0 Å². The number of pyridine rings is 1. The highest BCUT2D eigenvalue weighted by molar-refractivity contribution is 6.03. The zero-order chi connectivity index (χ0) is 17.8. The van der Waals surface area contributed by atoms with E-state index in [-0.39, 0.29) is 11.8 Å². The van der Waals surface area contributed by atoms with Gasteiger partial charge in [0.25, 0.3) is 5.91 Å². The van der Waals surface area contributed by atoms with Gasteiger partial charge < -0.3 is 15.1 Å². The fourth-order valence-electron chi connectivity index (χ4n) is 2.82. The fourth-order valence-corrected chi connectivity index (χ4v) is 2.82. The van der Waals surface area contributed by atoms with Crippen LogP contribution in [-0.2, 0) is 4.79 Å². The van der Waals surface area contributed by atoms with Crippen molar-refractivity contribution in [2.75, 3.05) is 36.4 Å². The van der Waals surface area contributed by atoms with Crippen LogP contribution in [0.1, 0.15) is 22.8 Å². The predicted molar refractivity (Wildman–Crippen MR) is 97.8 cm³/mol. The van der Waals surface area contributed by atoms with Crippen molar-refractivity contribution >= 4 is 23.3 Å². The molecule has 0 saturated carbocycles. The summed E-state index contributed by atoms with van der Waals surface area (Å²) >= 11 is 0. The number of nitrogens with one attached hydrogen (secondary N) is 1. The second-order valence-corrected chi connectivity index (χ2v) is 6.21. The molecular formula is C19H22N4O2. The monoisotopic (exact) mass is 338 g/mol. The van der Waals surface area contributed by atoms with E-state index in [0.717, 1.165) is 37.4 Å². The first kappa shape index (κ1) is 17.0. The summed E-state index contributed by atoms with van der Waals surface area (Å²) in [5, 5.41) is 2.81. The van der Waals surface area contributed by atoms with Gasteiger partial charge in [0.05, 0.1) is 11.9 Å². The summed E-state index contributed by atoms with van der Waals surface area (Å²) in [4.78, 5) is 32.0. The fraction of sp³-hybridized carbons (Fsp3) is 0.316. The minimum Gasteiger partial charge on any atom is -0.367 e. The number of anilines is 2. The largest absolute Gasteiger partial charge is 0.367 e. The van der Waals surface area contributed by atoms with Crippen molar-refractivity contribution in [1.82, 2.24) is 9.88 Å². The molecule has 1 N–H and O–H groups in total. The topological polar surface area (TPSA) is 65.5 Å². The molecule has 1 saturated heterocycles. The summed E-state index contributed by atoms with van der Waals surface area (Å²) in [7, 11) is 0. The van der Waals surface area contributed by atoms with E-state index >= 15 is 0 Å². The third kappa shape index (κ3) is 4.15. The number of piperazine rings is 1. The molecule has 0 atom stereocenters. The van der Waals surface area contributed by atoms with Gasteiger partial charge in [0, 0.05) is 38.7 Å². The van der Waals surface area contributed by atoms with Gasteiger partial charge in [0.2, 0.25) is 5.91 Å². The minimum atomic E-state index is -0.171. The van der Waals surface area contributed by atoms with Crippen LogP contribution in [0.5, 0.6) is 0 Å². The first-order valence-corrected chi connectivity index (χ1v) is 8.37. The number of aryl methyl sites for hydroxylation is 1. The highest BCUT2D eigenvalue weighted by Crippen LogP contribution is 2.18. The zero-order valence-corrected chi connectivity index (χ0v) is 14.5. The Morgan fingerprint density at radius 2 is 1.68 bits per heavy atom. The lowest BCUT2D eigenvalue weighted by molar-refractivity contribution is -0.129. The average molecular weight is 338 g/mol. The summed E-state index contributed by atoms with van der Waals surface area (Å²) in [5.74, 6) is 0.471. The molecule has 6 heteroatoms. The van der Waals surface area contributed by atoms with Gasteiger partial charge in [-0.1, -0.05) is 17.7 Å². The van der Waals surface area contributed by atoms with Crippen molar-refractivity contribution < 1.29 is 9.59 Å². The van der Waals surface area contributed by atoms with Gasteiger partial charge in [-0.15, -0.1) is 0 Å². The van der Waals surface area contributed by atoms with Crippen LogP contribution in [0, 0.1) is 6.92 Å². The Labute approximate surface area is 147 Å². The summed E-state index contributed by atoms with van der Waals surface area (Å²) < 4.78 is 0. The van der Waals surface area contributed by atoms with Gasteiger partial charge in [0.1, 0.15) is 5.82 Å². The molecule has 2 heterocycles. The van der Waals surface area contributed by atoms with E-state index in [1.54, 1.807) is 31.3 Å². The molecule has 0 bridgehead atoms. The van der Waals surface area contributed by atoms with E-state index in [0.29, 0.717) is 11.4 Å². The van der Waals surface area contributed by atoms with Crippen LogP contribution in [0.15, 0.2) is 42.6 Å². The van der Waals surface area contributed by atoms with Crippen LogP contribution >= 0.6 is 0 Å². The predicted octanol–water partition coefficient (Wildman–Crippen LogP) is 2.31. The lowest BCUT2D eigenvalue weighted by Gasteiger charge is -2.35. The van der Waals surface area contributed by atoms with Gasteiger partial charge >= 0.3 is 0 Å². The molecule has 2 amide bonds. The summed E-state index contributed by atoms with van der Waals surface area (Å²) in [6.45, 7) is 6.61. The van der Waals surface area contributed by atoms with E-state index in [1.807, 2.05) is 30.0 Å². The first-order valence-electron chi connectivity index (χ1n) is 8.37. The van der Waals surface area contributed by atoms with Crippen molar-refractivity contribution in [2.24, 2.45) is 0 Å². The molecule has 6 nitrogen and oxygen atoms in total. The summed E-state index contributed by atoms with van der Waals surface area (Å²) in [6, 6.07) is 11.2. The smallest absolute Gasteiger partial charge is 0.256 e. The molecule has 0 unspecified atom stereocenters. The number of nitrogens with zero attached hydrogens (tertiary/aromatic N) is 3. The molecule has 1 aromatic carbocycles. The Morgan fingerprint density at radius 3 is 2.24 bits per heavy atom. The Hall–Kier alpha value is -2.89. The van der Waals surface area contributed by atoms with Crippen LogP contribution in [0.2, 0.25) is 0 Å².